The molecule has 0 aliphatic heterocycles. The van der Waals surface area contributed by atoms with Gasteiger partial charge in [-0.2, -0.15) is 0 Å². The van der Waals surface area contributed by atoms with Crippen molar-refractivity contribution < 1.29 is 0 Å². The lowest BCUT2D eigenvalue weighted by Gasteiger charge is -2.06. The van der Waals surface area contributed by atoms with Gasteiger partial charge in [0.05, 0.1) is 12.0 Å². The van der Waals surface area contributed by atoms with Crippen molar-refractivity contribution in [1.82, 2.24) is 9.55 Å². The van der Waals surface area contributed by atoms with Crippen LogP contribution in [-0.2, 0) is 6.54 Å². The minimum atomic E-state index is 0.544. The zero-order chi connectivity index (χ0) is 9.84. The number of aryl methyl sites for hydroxylation is 1. The second-order valence-corrected chi connectivity index (χ2v) is 3.92. The first-order valence-electron chi connectivity index (χ1n) is 5.18. The van der Waals surface area contributed by atoms with Crippen molar-refractivity contribution >= 4 is 0 Å². The predicted octanol–water partition coefficient (Wildman–Crippen LogP) is 3.12. The molecule has 0 saturated carbocycles. The molecule has 74 valence electrons. The molecule has 2 nitrogen and oxygen atoms in total. The highest BCUT2D eigenvalue weighted by Crippen LogP contribution is 2.16. The van der Waals surface area contributed by atoms with Crippen molar-refractivity contribution in [1.29, 1.82) is 0 Å². The third-order valence-corrected chi connectivity index (χ3v) is 2.44. The molecule has 0 aromatic carbocycles. The first-order valence-corrected chi connectivity index (χ1v) is 5.18. The van der Waals surface area contributed by atoms with Crippen LogP contribution in [0.4, 0.5) is 0 Å². The Hall–Kier alpha value is -0.790. The van der Waals surface area contributed by atoms with E-state index in [1.807, 2.05) is 6.33 Å². The molecule has 0 aliphatic rings. The summed E-state index contributed by atoms with van der Waals surface area (Å²) in [6.45, 7) is 9.88. The quantitative estimate of drug-likeness (QED) is 0.696. The predicted molar refractivity (Wildman–Crippen MR) is 56.0 cm³/mol. The number of rotatable bonds is 4. The lowest BCUT2D eigenvalue weighted by molar-refractivity contribution is 0.617. The van der Waals surface area contributed by atoms with E-state index < -0.39 is 0 Å². The summed E-state index contributed by atoms with van der Waals surface area (Å²) >= 11 is 0. The van der Waals surface area contributed by atoms with Crippen LogP contribution in [0.15, 0.2) is 6.33 Å². The van der Waals surface area contributed by atoms with E-state index in [1.165, 1.54) is 24.2 Å². The first-order chi connectivity index (χ1) is 6.16. The summed E-state index contributed by atoms with van der Waals surface area (Å²) in [5, 5.41) is 0. The molecule has 1 heterocycles. The molecule has 2 heteroatoms. The minimum absolute atomic E-state index is 0.544. The van der Waals surface area contributed by atoms with Crippen LogP contribution in [-0.4, -0.2) is 9.55 Å². The van der Waals surface area contributed by atoms with Crippen molar-refractivity contribution in [3.63, 3.8) is 0 Å². The van der Waals surface area contributed by atoms with Crippen LogP contribution in [0.25, 0.3) is 0 Å². The zero-order valence-corrected chi connectivity index (χ0v) is 9.17. The number of hydrogen-bond acceptors (Lipinski definition) is 1. The Morgan fingerprint density at radius 1 is 1.46 bits per heavy atom. The number of unbranched alkanes of at least 4 members (excludes halogenated alkanes) is 1. The third-order valence-electron chi connectivity index (χ3n) is 2.44. The van der Waals surface area contributed by atoms with Crippen molar-refractivity contribution in [2.75, 3.05) is 0 Å². The topological polar surface area (TPSA) is 17.8 Å². The molecule has 0 atom stereocenters. The fraction of sp³-hybridized carbons (Fsp3) is 0.727. The molecule has 0 bridgehead atoms. The summed E-state index contributed by atoms with van der Waals surface area (Å²) in [6.07, 6.45) is 4.46. The van der Waals surface area contributed by atoms with E-state index in [9.17, 15) is 0 Å². The summed E-state index contributed by atoms with van der Waals surface area (Å²) < 4.78 is 2.26. The third kappa shape index (κ3) is 2.33. The van der Waals surface area contributed by atoms with Crippen LogP contribution >= 0.6 is 0 Å². The van der Waals surface area contributed by atoms with E-state index in [0.29, 0.717) is 5.92 Å². The summed E-state index contributed by atoms with van der Waals surface area (Å²) in [7, 11) is 0. The molecule has 13 heavy (non-hydrogen) atoms. The van der Waals surface area contributed by atoms with Gasteiger partial charge >= 0.3 is 0 Å². The standard InChI is InChI=1S/C11H20N2/c1-5-6-7-13-8-12-11(9(2)3)10(13)4/h8-9H,5-7H2,1-4H3. The monoisotopic (exact) mass is 180 g/mol. The zero-order valence-electron chi connectivity index (χ0n) is 9.17. The maximum atomic E-state index is 4.43. The van der Waals surface area contributed by atoms with Crippen molar-refractivity contribution in [3.8, 4) is 0 Å². The molecular weight excluding hydrogens is 160 g/mol. The molecule has 1 aromatic rings. The molecule has 0 aliphatic carbocycles. The van der Waals surface area contributed by atoms with Crippen LogP contribution in [0.2, 0.25) is 0 Å². The van der Waals surface area contributed by atoms with Gasteiger partial charge in [-0.25, -0.2) is 4.98 Å². The molecular formula is C11H20N2. The number of nitrogens with zero attached hydrogens (tertiary/aromatic N) is 2. The molecule has 0 unspecified atom stereocenters. The van der Waals surface area contributed by atoms with Crippen LogP contribution in [0, 0.1) is 6.92 Å². The summed E-state index contributed by atoms with van der Waals surface area (Å²) in [5.41, 5.74) is 2.58. The van der Waals surface area contributed by atoms with Gasteiger partial charge < -0.3 is 4.57 Å². The van der Waals surface area contributed by atoms with Gasteiger partial charge in [0.1, 0.15) is 0 Å². The maximum Gasteiger partial charge on any atom is 0.0951 e. The Morgan fingerprint density at radius 3 is 2.62 bits per heavy atom. The fourth-order valence-corrected chi connectivity index (χ4v) is 1.58. The lowest BCUT2D eigenvalue weighted by Crippen LogP contribution is -2.00. The van der Waals surface area contributed by atoms with E-state index in [1.54, 1.807) is 0 Å². The van der Waals surface area contributed by atoms with E-state index in [0.717, 1.165) is 6.54 Å². The Balaban J connectivity index is 2.74. The molecule has 0 fully saturated rings. The Kier molecular flexibility index (Phi) is 3.52. The molecule has 1 aromatic heterocycles. The SMILES string of the molecule is CCCCn1cnc(C(C)C)c1C. The van der Waals surface area contributed by atoms with Crippen LogP contribution in [0.5, 0.6) is 0 Å². The number of imidazole rings is 1. The number of aromatic nitrogens is 2. The van der Waals surface area contributed by atoms with Crippen molar-refractivity contribution in [3.05, 3.63) is 17.7 Å². The van der Waals surface area contributed by atoms with E-state index >= 15 is 0 Å². The second kappa shape index (κ2) is 4.45. The van der Waals surface area contributed by atoms with Gasteiger partial charge in [0.15, 0.2) is 0 Å². The molecule has 1 rings (SSSR count). The van der Waals surface area contributed by atoms with Crippen LogP contribution < -0.4 is 0 Å². The second-order valence-electron chi connectivity index (χ2n) is 3.92. The van der Waals surface area contributed by atoms with Gasteiger partial charge in [0, 0.05) is 12.2 Å². The van der Waals surface area contributed by atoms with Crippen LogP contribution in [0.1, 0.15) is 50.9 Å². The van der Waals surface area contributed by atoms with Crippen molar-refractivity contribution in [2.24, 2.45) is 0 Å². The largest absolute Gasteiger partial charge is 0.335 e. The Morgan fingerprint density at radius 2 is 2.15 bits per heavy atom. The molecule has 0 spiro atoms. The molecule has 0 amide bonds. The summed E-state index contributed by atoms with van der Waals surface area (Å²) in [4.78, 5) is 4.43. The number of hydrogen-bond donors (Lipinski definition) is 0. The smallest absolute Gasteiger partial charge is 0.0951 e. The van der Waals surface area contributed by atoms with Crippen LogP contribution in [0.3, 0.4) is 0 Å². The van der Waals surface area contributed by atoms with Gasteiger partial charge in [-0.3, -0.25) is 0 Å². The van der Waals surface area contributed by atoms with Gasteiger partial charge in [-0.05, 0) is 19.3 Å². The highest BCUT2D eigenvalue weighted by molar-refractivity contribution is 5.14. The van der Waals surface area contributed by atoms with E-state index in [-0.39, 0.29) is 0 Å². The lowest BCUT2D eigenvalue weighted by atomic mass is 10.1. The minimum Gasteiger partial charge on any atom is -0.335 e. The first kappa shape index (κ1) is 10.3. The van der Waals surface area contributed by atoms with Crippen molar-refractivity contribution in [2.45, 2.75) is 53.0 Å². The fourth-order valence-electron chi connectivity index (χ4n) is 1.58. The maximum absolute atomic E-state index is 4.43. The normalized spacial score (nSPS) is 11.2. The van der Waals surface area contributed by atoms with Gasteiger partial charge in [-0.1, -0.05) is 27.2 Å². The summed E-state index contributed by atoms with van der Waals surface area (Å²) in [5.74, 6) is 0.544. The van der Waals surface area contributed by atoms with Gasteiger partial charge in [0.25, 0.3) is 0 Å². The Labute approximate surface area is 81.0 Å². The molecule has 0 radical (unpaired) electrons. The van der Waals surface area contributed by atoms with Gasteiger partial charge in [0.2, 0.25) is 0 Å². The summed E-state index contributed by atoms with van der Waals surface area (Å²) in [6, 6.07) is 0. The average molecular weight is 180 g/mol. The van der Waals surface area contributed by atoms with E-state index in [2.05, 4.69) is 37.2 Å². The van der Waals surface area contributed by atoms with E-state index in [4.69, 9.17) is 0 Å². The molecule has 0 N–H and O–H groups in total. The highest BCUT2D eigenvalue weighted by Gasteiger charge is 2.08. The molecule has 0 saturated heterocycles. The van der Waals surface area contributed by atoms with Gasteiger partial charge in [-0.15, -0.1) is 0 Å². The highest BCUT2D eigenvalue weighted by atomic mass is 15.1. The average Bonchev–Trinajstić information content (AvgIpc) is 2.43. The Bertz CT molecular complexity index is 261.